The molecule has 2 aromatic heterocycles. The second-order valence-corrected chi connectivity index (χ2v) is 10.1. The molecule has 0 aliphatic heterocycles. The number of rotatable bonds is 4. The Balaban J connectivity index is 1.75. The SMILES string of the molecule is CS(=O)(=O)c1cccc(-c2ccc(-c3ccnn3-c3ccc(Cl)cc3Cl)s2)c1. The molecule has 0 saturated carbocycles. The van der Waals surface area contributed by atoms with Crippen molar-refractivity contribution in [2.45, 2.75) is 4.90 Å². The minimum absolute atomic E-state index is 0.304. The fourth-order valence-electron chi connectivity index (χ4n) is 2.85. The smallest absolute Gasteiger partial charge is 0.175 e. The predicted octanol–water partition coefficient (Wildman–Crippen LogP) is 5.98. The Bertz CT molecular complexity index is 1280. The number of halogens is 2. The fraction of sp³-hybridized carbons (Fsp3) is 0.0500. The van der Waals surface area contributed by atoms with Gasteiger partial charge in [-0.25, -0.2) is 13.1 Å². The van der Waals surface area contributed by atoms with Gasteiger partial charge < -0.3 is 0 Å². The Morgan fingerprint density at radius 2 is 1.75 bits per heavy atom. The van der Waals surface area contributed by atoms with Crippen LogP contribution in [0.4, 0.5) is 0 Å². The summed E-state index contributed by atoms with van der Waals surface area (Å²) >= 11 is 13.9. The van der Waals surface area contributed by atoms with Crippen LogP contribution in [0.1, 0.15) is 0 Å². The lowest BCUT2D eigenvalue weighted by Gasteiger charge is -2.08. The van der Waals surface area contributed by atoms with E-state index >= 15 is 0 Å². The summed E-state index contributed by atoms with van der Waals surface area (Å²) in [7, 11) is -3.26. The zero-order valence-electron chi connectivity index (χ0n) is 14.6. The molecule has 4 aromatic rings. The van der Waals surface area contributed by atoms with Gasteiger partial charge in [0.15, 0.2) is 9.84 Å². The summed E-state index contributed by atoms with van der Waals surface area (Å²) in [6.07, 6.45) is 2.92. The molecule has 0 unspecified atom stereocenters. The van der Waals surface area contributed by atoms with E-state index in [4.69, 9.17) is 23.2 Å². The normalized spacial score (nSPS) is 11.7. The highest BCUT2D eigenvalue weighted by molar-refractivity contribution is 7.90. The molecule has 8 heteroatoms. The highest BCUT2D eigenvalue weighted by atomic mass is 35.5. The lowest BCUT2D eigenvalue weighted by atomic mass is 10.2. The Morgan fingerprint density at radius 3 is 2.50 bits per heavy atom. The van der Waals surface area contributed by atoms with E-state index in [-0.39, 0.29) is 0 Å². The van der Waals surface area contributed by atoms with Gasteiger partial charge in [0.2, 0.25) is 0 Å². The van der Waals surface area contributed by atoms with E-state index in [1.54, 1.807) is 52.5 Å². The highest BCUT2D eigenvalue weighted by Gasteiger charge is 2.14. The first-order valence-electron chi connectivity index (χ1n) is 8.23. The summed E-state index contributed by atoms with van der Waals surface area (Å²) in [4.78, 5) is 2.26. The molecule has 4 nitrogen and oxygen atoms in total. The van der Waals surface area contributed by atoms with Crippen molar-refractivity contribution in [3.8, 4) is 26.7 Å². The van der Waals surface area contributed by atoms with Crippen LogP contribution < -0.4 is 0 Å². The molecule has 0 fully saturated rings. The molecular weight excluding hydrogens is 435 g/mol. The Kier molecular flexibility index (Phi) is 5.05. The van der Waals surface area contributed by atoms with Gasteiger partial charge in [-0.15, -0.1) is 11.3 Å². The lowest BCUT2D eigenvalue weighted by molar-refractivity contribution is 0.602. The monoisotopic (exact) mass is 448 g/mol. The van der Waals surface area contributed by atoms with Crippen molar-refractivity contribution >= 4 is 44.4 Å². The topological polar surface area (TPSA) is 52.0 Å². The van der Waals surface area contributed by atoms with Crippen LogP contribution in [-0.2, 0) is 9.84 Å². The lowest BCUT2D eigenvalue weighted by Crippen LogP contribution is -1.98. The maximum atomic E-state index is 11.8. The third kappa shape index (κ3) is 3.73. The van der Waals surface area contributed by atoms with Crippen molar-refractivity contribution in [3.05, 3.63) is 76.9 Å². The Labute approximate surface area is 176 Å². The van der Waals surface area contributed by atoms with Crippen LogP contribution >= 0.6 is 34.5 Å². The molecule has 0 radical (unpaired) electrons. The van der Waals surface area contributed by atoms with Crippen molar-refractivity contribution < 1.29 is 8.42 Å². The summed E-state index contributed by atoms with van der Waals surface area (Å²) in [5, 5.41) is 5.47. The standard InChI is InChI=1S/C20H14Cl2N2O2S2/c1-28(25,26)15-4-2-3-13(11-15)19-7-8-20(27-19)18-9-10-23-24(18)17-6-5-14(21)12-16(17)22/h2-12H,1H3. The molecule has 4 rings (SSSR count). The number of thiophene rings is 1. The van der Waals surface area contributed by atoms with Gasteiger partial charge in [0.1, 0.15) is 0 Å². The van der Waals surface area contributed by atoms with Crippen molar-refractivity contribution in [3.63, 3.8) is 0 Å². The molecular formula is C20H14Cl2N2O2S2. The zero-order valence-corrected chi connectivity index (χ0v) is 17.8. The van der Waals surface area contributed by atoms with Gasteiger partial charge in [-0.2, -0.15) is 5.10 Å². The zero-order chi connectivity index (χ0) is 19.9. The van der Waals surface area contributed by atoms with Gasteiger partial charge >= 0.3 is 0 Å². The predicted molar refractivity (Wildman–Crippen MR) is 115 cm³/mol. The first kappa shape index (κ1) is 19.2. The van der Waals surface area contributed by atoms with E-state index in [2.05, 4.69) is 5.10 Å². The number of benzene rings is 2. The van der Waals surface area contributed by atoms with Crippen molar-refractivity contribution in [1.29, 1.82) is 0 Å². The van der Waals surface area contributed by atoms with E-state index in [0.717, 1.165) is 26.7 Å². The first-order chi connectivity index (χ1) is 13.3. The maximum absolute atomic E-state index is 11.8. The molecule has 2 aromatic carbocycles. The number of nitrogens with zero attached hydrogens (tertiary/aromatic N) is 2. The van der Waals surface area contributed by atoms with Gasteiger partial charge in [0.05, 0.1) is 32.4 Å². The summed E-state index contributed by atoms with van der Waals surface area (Å²) in [6.45, 7) is 0. The van der Waals surface area contributed by atoms with Crippen LogP contribution in [0.25, 0.3) is 26.7 Å². The summed E-state index contributed by atoms with van der Waals surface area (Å²) in [5.41, 5.74) is 2.48. The van der Waals surface area contributed by atoms with Crippen molar-refractivity contribution in [2.75, 3.05) is 6.26 Å². The van der Waals surface area contributed by atoms with Crippen LogP contribution in [0.3, 0.4) is 0 Å². The molecule has 0 amide bonds. The van der Waals surface area contributed by atoms with Gasteiger partial charge in [-0.05, 0) is 54.1 Å². The molecule has 28 heavy (non-hydrogen) atoms. The van der Waals surface area contributed by atoms with Crippen LogP contribution in [-0.4, -0.2) is 24.5 Å². The van der Waals surface area contributed by atoms with Gasteiger partial charge in [0, 0.05) is 16.2 Å². The van der Waals surface area contributed by atoms with E-state index < -0.39 is 9.84 Å². The largest absolute Gasteiger partial charge is 0.231 e. The highest BCUT2D eigenvalue weighted by Crippen LogP contribution is 2.36. The van der Waals surface area contributed by atoms with E-state index in [1.807, 2.05) is 30.3 Å². The third-order valence-electron chi connectivity index (χ3n) is 4.19. The number of aromatic nitrogens is 2. The number of hydrogen-bond acceptors (Lipinski definition) is 4. The average molecular weight is 449 g/mol. The summed E-state index contributed by atoms with van der Waals surface area (Å²) in [5.74, 6) is 0. The quantitative estimate of drug-likeness (QED) is 0.385. The minimum Gasteiger partial charge on any atom is -0.231 e. The molecule has 2 heterocycles. The molecule has 0 spiro atoms. The minimum atomic E-state index is -3.26. The van der Waals surface area contributed by atoms with Crippen molar-refractivity contribution in [2.24, 2.45) is 0 Å². The fourth-order valence-corrected chi connectivity index (χ4v) is 5.01. The Morgan fingerprint density at radius 1 is 0.964 bits per heavy atom. The average Bonchev–Trinajstić information content (AvgIpc) is 3.30. The van der Waals surface area contributed by atoms with Crippen LogP contribution in [0, 0.1) is 0 Å². The third-order valence-corrected chi connectivity index (χ3v) is 6.99. The number of hydrogen-bond donors (Lipinski definition) is 0. The van der Waals surface area contributed by atoms with Crippen LogP contribution in [0.15, 0.2) is 71.8 Å². The second-order valence-electron chi connectivity index (χ2n) is 6.19. The van der Waals surface area contributed by atoms with Gasteiger partial charge in [-0.1, -0.05) is 35.3 Å². The van der Waals surface area contributed by atoms with E-state index in [0.29, 0.717) is 14.9 Å². The molecule has 0 bridgehead atoms. The molecule has 142 valence electrons. The van der Waals surface area contributed by atoms with Gasteiger partial charge in [-0.3, -0.25) is 0 Å². The van der Waals surface area contributed by atoms with E-state index in [1.165, 1.54) is 6.26 Å². The molecule has 0 aliphatic rings. The maximum Gasteiger partial charge on any atom is 0.175 e. The summed E-state index contributed by atoms with van der Waals surface area (Å²) in [6, 6.07) is 18.1. The molecule has 0 N–H and O–H groups in total. The van der Waals surface area contributed by atoms with Crippen molar-refractivity contribution in [1.82, 2.24) is 9.78 Å². The first-order valence-corrected chi connectivity index (χ1v) is 11.7. The summed E-state index contributed by atoms with van der Waals surface area (Å²) < 4.78 is 25.4. The molecule has 0 atom stereocenters. The second kappa shape index (κ2) is 7.37. The number of sulfone groups is 1. The van der Waals surface area contributed by atoms with E-state index in [9.17, 15) is 8.42 Å². The van der Waals surface area contributed by atoms with Gasteiger partial charge in [0.25, 0.3) is 0 Å². The van der Waals surface area contributed by atoms with Crippen LogP contribution in [0.2, 0.25) is 10.0 Å². The molecule has 0 aliphatic carbocycles. The Hall–Kier alpha value is -2.12. The van der Waals surface area contributed by atoms with Crippen LogP contribution in [0.5, 0.6) is 0 Å². The molecule has 0 saturated heterocycles.